The van der Waals surface area contributed by atoms with Crippen LogP contribution in [-0.2, 0) is 11.3 Å². The Kier molecular flexibility index (Phi) is 5.09. The van der Waals surface area contributed by atoms with Crippen molar-refractivity contribution in [2.75, 3.05) is 13.6 Å². The number of carbonyl (C=O) groups excluding carboxylic acids is 1. The zero-order chi connectivity index (χ0) is 19.0. The molecule has 0 saturated heterocycles. The molecule has 2 saturated carbocycles. The number of amides is 1. The summed E-state index contributed by atoms with van der Waals surface area (Å²) in [7, 11) is 1.91. The van der Waals surface area contributed by atoms with E-state index < -0.39 is 0 Å². The van der Waals surface area contributed by atoms with Crippen molar-refractivity contribution in [2.24, 2.45) is 5.92 Å². The number of furan rings is 1. The molecule has 4 rings (SSSR count). The number of rotatable bonds is 8. The molecule has 144 valence electrons. The van der Waals surface area contributed by atoms with Crippen LogP contribution in [0.1, 0.15) is 62.2 Å². The van der Waals surface area contributed by atoms with Crippen LogP contribution < -0.4 is 0 Å². The van der Waals surface area contributed by atoms with Crippen LogP contribution in [0.4, 0.5) is 0 Å². The van der Waals surface area contributed by atoms with Crippen molar-refractivity contribution in [3.05, 3.63) is 59.5 Å². The van der Waals surface area contributed by atoms with Crippen LogP contribution in [0.15, 0.2) is 46.9 Å². The fourth-order valence-corrected chi connectivity index (χ4v) is 3.81. The van der Waals surface area contributed by atoms with Gasteiger partial charge in [-0.3, -0.25) is 9.69 Å². The minimum Gasteiger partial charge on any atom is -0.464 e. The van der Waals surface area contributed by atoms with E-state index in [4.69, 9.17) is 4.42 Å². The van der Waals surface area contributed by atoms with Gasteiger partial charge in [-0.25, -0.2) is 0 Å². The van der Waals surface area contributed by atoms with Gasteiger partial charge in [0.15, 0.2) is 0 Å². The summed E-state index contributed by atoms with van der Waals surface area (Å²) in [5.74, 6) is 3.63. The molecule has 1 aromatic carbocycles. The van der Waals surface area contributed by atoms with E-state index in [-0.39, 0.29) is 11.9 Å². The molecule has 2 aromatic rings. The molecule has 0 aliphatic heterocycles. The molecule has 1 aromatic heterocycles. The van der Waals surface area contributed by atoms with Crippen LogP contribution in [0.2, 0.25) is 0 Å². The van der Waals surface area contributed by atoms with Crippen LogP contribution in [0.3, 0.4) is 0 Å². The van der Waals surface area contributed by atoms with Crippen molar-refractivity contribution in [3.8, 4) is 0 Å². The SMILES string of the molecule is CC1CC1c1ccc(CN(CC(=O)N(C)C(C)c2ccccc2)C2CC2)o1. The second kappa shape index (κ2) is 7.51. The second-order valence-corrected chi connectivity index (χ2v) is 8.35. The Balaban J connectivity index is 1.38. The smallest absolute Gasteiger partial charge is 0.237 e. The van der Waals surface area contributed by atoms with E-state index in [1.807, 2.05) is 30.1 Å². The Labute approximate surface area is 162 Å². The second-order valence-electron chi connectivity index (χ2n) is 8.35. The van der Waals surface area contributed by atoms with Gasteiger partial charge in [-0.05, 0) is 49.8 Å². The van der Waals surface area contributed by atoms with E-state index >= 15 is 0 Å². The third-order valence-corrected chi connectivity index (χ3v) is 6.17. The van der Waals surface area contributed by atoms with Gasteiger partial charge in [0.2, 0.25) is 5.91 Å². The predicted octanol–water partition coefficient (Wildman–Crippen LogP) is 4.59. The molecule has 2 fully saturated rings. The minimum atomic E-state index is 0.0753. The van der Waals surface area contributed by atoms with Crippen molar-refractivity contribution in [2.45, 2.75) is 57.7 Å². The van der Waals surface area contributed by atoms with Gasteiger partial charge < -0.3 is 9.32 Å². The van der Waals surface area contributed by atoms with Gasteiger partial charge in [0.25, 0.3) is 0 Å². The van der Waals surface area contributed by atoms with Gasteiger partial charge in [0.05, 0.1) is 19.1 Å². The highest BCUT2D eigenvalue weighted by molar-refractivity contribution is 5.78. The highest BCUT2D eigenvalue weighted by Crippen LogP contribution is 2.47. The van der Waals surface area contributed by atoms with E-state index in [1.54, 1.807) is 0 Å². The molecule has 3 unspecified atom stereocenters. The van der Waals surface area contributed by atoms with Gasteiger partial charge in [-0.1, -0.05) is 37.3 Å². The molecule has 4 heteroatoms. The number of likely N-dealkylation sites (N-methyl/N-ethyl adjacent to an activating group) is 1. The predicted molar refractivity (Wildman–Crippen MR) is 106 cm³/mol. The first-order chi connectivity index (χ1) is 13.0. The summed E-state index contributed by atoms with van der Waals surface area (Å²) >= 11 is 0. The summed E-state index contributed by atoms with van der Waals surface area (Å²) in [6, 6.07) is 15.0. The molecule has 0 spiro atoms. The molecule has 0 bridgehead atoms. The van der Waals surface area contributed by atoms with E-state index in [9.17, 15) is 4.79 Å². The van der Waals surface area contributed by atoms with E-state index in [2.05, 4.69) is 43.0 Å². The molecule has 2 aliphatic rings. The Morgan fingerprint density at radius 1 is 1.19 bits per heavy atom. The molecule has 0 radical (unpaired) electrons. The number of benzene rings is 1. The Bertz CT molecular complexity index is 781. The molecule has 4 nitrogen and oxygen atoms in total. The lowest BCUT2D eigenvalue weighted by molar-refractivity contribution is -0.133. The molecular formula is C23H30N2O2. The molecular weight excluding hydrogens is 336 g/mol. The quantitative estimate of drug-likeness (QED) is 0.686. The first kappa shape index (κ1) is 18.3. The summed E-state index contributed by atoms with van der Waals surface area (Å²) in [5.41, 5.74) is 1.17. The highest BCUT2D eigenvalue weighted by Gasteiger charge is 2.37. The minimum absolute atomic E-state index is 0.0753. The summed E-state index contributed by atoms with van der Waals surface area (Å²) in [6.45, 7) is 5.54. The monoisotopic (exact) mass is 366 g/mol. The van der Waals surface area contributed by atoms with Crippen molar-refractivity contribution >= 4 is 5.91 Å². The Morgan fingerprint density at radius 2 is 1.89 bits per heavy atom. The van der Waals surface area contributed by atoms with Crippen LogP contribution in [0.5, 0.6) is 0 Å². The van der Waals surface area contributed by atoms with E-state index in [0.717, 1.165) is 24.0 Å². The van der Waals surface area contributed by atoms with Crippen molar-refractivity contribution in [1.29, 1.82) is 0 Å². The molecule has 2 aliphatic carbocycles. The molecule has 3 atom stereocenters. The number of hydrogen-bond acceptors (Lipinski definition) is 3. The largest absolute Gasteiger partial charge is 0.464 e. The summed E-state index contributed by atoms with van der Waals surface area (Å²) in [6.07, 6.45) is 3.59. The van der Waals surface area contributed by atoms with Gasteiger partial charge >= 0.3 is 0 Å². The fraction of sp³-hybridized carbons (Fsp3) is 0.522. The lowest BCUT2D eigenvalue weighted by Crippen LogP contribution is -2.40. The van der Waals surface area contributed by atoms with Crippen LogP contribution in [-0.4, -0.2) is 35.3 Å². The first-order valence-corrected chi connectivity index (χ1v) is 10.2. The first-order valence-electron chi connectivity index (χ1n) is 10.2. The third kappa shape index (κ3) is 4.27. The number of nitrogens with zero attached hydrogens (tertiary/aromatic N) is 2. The highest BCUT2D eigenvalue weighted by atomic mass is 16.3. The zero-order valence-electron chi connectivity index (χ0n) is 16.6. The van der Waals surface area contributed by atoms with Gasteiger partial charge in [-0.15, -0.1) is 0 Å². The van der Waals surface area contributed by atoms with Crippen LogP contribution >= 0.6 is 0 Å². The molecule has 27 heavy (non-hydrogen) atoms. The standard InChI is InChI=1S/C23H30N2O2/c1-16-13-21(16)22-12-11-20(27-22)14-25(19-9-10-19)15-23(26)24(3)17(2)18-7-5-4-6-8-18/h4-8,11-12,16-17,19,21H,9-10,13-15H2,1-3H3. The van der Waals surface area contributed by atoms with E-state index in [0.29, 0.717) is 18.5 Å². The number of carbonyl (C=O) groups is 1. The molecule has 0 N–H and O–H groups in total. The topological polar surface area (TPSA) is 36.7 Å². The average molecular weight is 367 g/mol. The zero-order valence-corrected chi connectivity index (χ0v) is 16.6. The van der Waals surface area contributed by atoms with Gasteiger partial charge in [0.1, 0.15) is 11.5 Å². The molecule has 1 amide bonds. The Hall–Kier alpha value is -2.07. The maximum atomic E-state index is 12.9. The lowest BCUT2D eigenvalue weighted by Gasteiger charge is -2.29. The van der Waals surface area contributed by atoms with Crippen molar-refractivity contribution < 1.29 is 9.21 Å². The number of hydrogen-bond donors (Lipinski definition) is 0. The molecule has 1 heterocycles. The van der Waals surface area contributed by atoms with E-state index in [1.165, 1.54) is 24.8 Å². The fourth-order valence-electron chi connectivity index (χ4n) is 3.81. The van der Waals surface area contributed by atoms with Crippen LogP contribution in [0.25, 0.3) is 0 Å². The summed E-state index contributed by atoms with van der Waals surface area (Å²) in [5, 5.41) is 0. The van der Waals surface area contributed by atoms with Crippen molar-refractivity contribution in [3.63, 3.8) is 0 Å². The summed E-state index contributed by atoms with van der Waals surface area (Å²) in [4.78, 5) is 17.1. The van der Waals surface area contributed by atoms with Crippen molar-refractivity contribution in [1.82, 2.24) is 9.80 Å². The lowest BCUT2D eigenvalue weighted by atomic mass is 10.1. The van der Waals surface area contributed by atoms with Gasteiger partial charge in [-0.2, -0.15) is 0 Å². The average Bonchev–Trinajstić information content (AvgIpc) is 3.60. The Morgan fingerprint density at radius 3 is 2.52 bits per heavy atom. The maximum Gasteiger partial charge on any atom is 0.237 e. The summed E-state index contributed by atoms with van der Waals surface area (Å²) < 4.78 is 6.08. The maximum absolute atomic E-state index is 12.9. The normalized spacial score (nSPS) is 22.7. The van der Waals surface area contributed by atoms with Crippen LogP contribution in [0, 0.1) is 5.92 Å². The van der Waals surface area contributed by atoms with Gasteiger partial charge in [0, 0.05) is 19.0 Å². The third-order valence-electron chi connectivity index (χ3n) is 6.17.